The maximum Gasteiger partial charge on any atom is 0.339 e. The standard InChI is InChI=1S/C34H21IO2/c35-33-27-15-7-13-23-17-16-22-12-6-14-26(30(22)31(23)27)32(33)28-18-24-10-4-5-11-25(24)19-29(28)34(36)37-20-21-8-2-1-3-9-21/h1-19H,20H2. The Morgan fingerprint density at radius 1 is 0.622 bits per heavy atom. The van der Waals surface area contributed by atoms with Crippen LogP contribution in [0.15, 0.2) is 115 Å². The first-order valence-electron chi connectivity index (χ1n) is 12.3. The van der Waals surface area contributed by atoms with Crippen LogP contribution in [0.3, 0.4) is 0 Å². The summed E-state index contributed by atoms with van der Waals surface area (Å²) in [6, 6.07) is 39.5. The molecular formula is C34H21IO2. The molecule has 0 bridgehead atoms. The smallest absolute Gasteiger partial charge is 0.339 e. The molecule has 0 heterocycles. The third kappa shape index (κ3) is 3.65. The average Bonchev–Trinajstić information content (AvgIpc) is 2.95. The van der Waals surface area contributed by atoms with Crippen molar-refractivity contribution in [3.63, 3.8) is 0 Å². The average molecular weight is 588 g/mol. The van der Waals surface area contributed by atoms with Gasteiger partial charge in [-0.15, -0.1) is 0 Å². The molecule has 176 valence electrons. The molecule has 0 atom stereocenters. The molecule has 0 aliphatic rings. The fourth-order valence-corrected chi connectivity index (χ4v) is 6.51. The van der Waals surface area contributed by atoms with E-state index in [0.29, 0.717) is 5.56 Å². The lowest BCUT2D eigenvalue weighted by Gasteiger charge is -2.19. The molecule has 0 saturated carbocycles. The van der Waals surface area contributed by atoms with E-state index in [9.17, 15) is 4.79 Å². The molecule has 37 heavy (non-hydrogen) atoms. The lowest BCUT2D eigenvalue weighted by molar-refractivity contribution is 0.0474. The molecule has 0 aliphatic heterocycles. The maximum absolute atomic E-state index is 13.7. The third-order valence-electron chi connectivity index (χ3n) is 7.20. The largest absolute Gasteiger partial charge is 0.457 e. The number of carbonyl (C=O) groups excluding carboxylic acids is 1. The van der Waals surface area contributed by atoms with Gasteiger partial charge in [-0.25, -0.2) is 4.79 Å². The molecule has 0 spiro atoms. The normalized spacial score (nSPS) is 11.6. The number of fused-ring (bicyclic) bond motifs is 1. The summed E-state index contributed by atoms with van der Waals surface area (Å²) in [5.74, 6) is -0.314. The van der Waals surface area contributed by atoms with E-state index in [0.717, 1.165) is 36.4 Å². The van der Waals surface area contributed by atoms with Crippen molar-refractivity contribution in [3.05, 3.63) is 130 Å². The summed E-state index contributed by atoms with van der Waals surface area (Å²) in [6.45, 7) is 0.236. The van der Waals surface area contributed by atoms with E-state index in [-0.39, 0.29) is 12.6 Å². The third-order valence-corrected chi connectivity index (χ3v) is 8.32. The van der Waals surface area contributed by atoms with Crippen LogP contribution >= 0.6 is 22.6 Å². The van der Waals surface area contributed by atoms with Crippen molar-refractivity contribution in [1.29, 1.82) is 0 Å². The van der Waals surface area contributed by atoms with Crippen LogP contribution in [0.2, 0.25) is 0 Å². The Bertz CT molecular complexity index is 1960. The van der Waals surface area contributed by atoms with Gasteiger partial charge in [0, 0.05) is 9.13 Å². The van der Waals surface area contributed by atoms with E-state index >= 15 is 0 Å². The van der Waals surface area contributed by atoms with Gasteiger partial charge in [0.2, 0.25) is 0 Å². The summed E-state index contributed by atoms with van der Waals surface area (Å²) in [4.78, 5) is 13.7. The zero-order chi connectivity index (χ0) is 24.9. The van der Waals surface area contributed by atoms with Crippen molar-refractivity contribution < 1.29 is 9.53 Å². The second-order valence-electron chi connectivity index (χ2n) is 9.37. The van der Waals surface area contributed by atoms with Crippen molar-refractivity contribution in [2.45, 2.75) is 6.61 Å². The molecule has 7 aromatic rings. The van der Waals surface area contributed by atoms with E-state index in [1.54, 1.807) is 0 Å². The monoisotopic (exact) mass is 588 g/mol. The number of esters is 1. The van der Waals surface area contributed by atoms with Crippen LogP contribution in [-0.2, 0) is 11.3 Å². The molecule has 2 nitrogen and oxygen atoms in total. The molecular weight excluding hydrogens is 567 g/mol. The number of hydrogen-bond donors (Lipinski definition) is 0. The summed E-state index contributed by atoms with van der Waals surface area (Å²) in [7, 11) is 0. The Labute approximate surface area is 228 Å². The second kappa shape index (κ2) is 8.86. The van der Waals surface area contributed by atoms with Gasteiger partial charge in [-0.1, -0.05) is 103 Å². The molecule has 7 aromatic carbocycles. The summed E-state index contributed by atoms with van der Waals surface area (Å²) >= 11 is 2.46. The van der Waals surface area contributed by atoms with Crippen molar-refractivity contribution in [2.24, 2.45) is 0 Å². The summed E-state index contributed by atoms with van der Waals surface area (Å²) in [5, 5.41) is 9.41. The molecule has 3 heteroatoms. The zero-order valence-electron chi connectivity index (χ0n) is 19.9. The van der Waals surface area contributed by atoms with Gasteiger partial charge in [-0.05, 0) is 88.9 Å². The number of benzene rings is 7. The lowest BCUT2D eigenvalue weighted by atomic mass is 9.87. The van der Waals surface area contributed by atoms with E-state index in [4.69, 9.17) is 4.74 Å². The van der Waals surface area contributed by atoms with E-state index in [1.165, 1.54) is 26.9 Å². The Kier molecular flexibility index (Phi) is 5.33. The van der Waals surface area contributed by atoms with Gasteiger partial charge in [0.15, 0.2) is 0 Å². The zero-order valence-corrected chi connectivity index (χ0v) is 22.0. The molecule has 0 aromatic heterocycles. The quantitative estimate of drug-likeness (QED) is 0.116. The van der Waals surface area contributed by atoms with Gasteiger partial charge in [0.1, 0.15) is 6.61 Å². The SMILES string of the molecule is O=C(OCc1ccccc1)c1cc2ccccc2cc1-c1c(I)c2cccc3ccc4cccc1c4c32. The first kappa shape index (κ1) is 22.3. The molecule has 0 saturated heterocycles. The number of hydrogen-bond acceptors (Lipinski definition) is 2. The predicted octanol–water partition coefficient (Wildman–Crippen LogP) is 9.37. The molecule has 0 aliphatic carbocycles. The number of ether oxygens (including phenoxy) is 1. The molecule has 0 radical (unpaired) electrons. The first-order valence-corrected chi connectivity index (χ1v) is 13.4. The van der Waals surface area contributed by atoms with E-state index < -0.39 is 0 Å². The predicted molar refractivity (Wildman–Crippen MR) is 161 cm³/mol. The van der Waals surface area contributed by atoms with Gasteiger partial charge in [-0.3, -0.25) is 0 Å². The minimum absolute atomic E-state index is 0.236. The van der Waals surface area contributed by atoms with E-state index in [2.05, 4.69) is 83.3 Å². The van der Waals surface area contributed by atoms with Crippen LogP contribution < -0.4 is 0 Å². The second-order valence-corrected chi connectivity index (χ2v) is 10.4. The van der Waals surface area contributed by atoms with Crippen molar-refractivity contribution in [1.82, 2.24) is 0 Å². The van der Waals surface area contributed by atoms with Crippen LogP contribution in [0.1, 0.15) is 15.9 Å². The van der Waals surface area contributed by atoms with Gasteiger partial charge in [0.25, 0.3) is 0 Å². The highest BCUT2D eigenvalue weighted by Crippen LogP contribution is 2.45. The Morgan fingerprint density at radius 3 is 1.95 bits per heavy atom. The topological polar surface area (TPSA) is 26.3 Å². The minimum atomic E-state index is -0.314. The highest BCUT2D eigenvalue weighted by Gasteiger charge is 2.23. The summed E-state index contributed by atoms with van der Waals surface area (Å²) in [5.41, 5.74) is 3.53. The van der Waals surface area contributed by atoms with Crippen molar-refractivity contribution >= 4 is 71.6 Å². The lowest BCUT2D eigenvalue weighted by Crippen LogP contribution is -2.08. The summed E-state index contributed by atoms with van der Waals surface area (Å²) < 4.78 is 7.01. The van der Waals surface area contributed by atoms with Crippen LogP contribution in [0.25, 0.3) is 54.2 Å². The molecule has 0 amide bonds. The van der Waals surface area contributed by atoms with Gasteiger partial charge in [0.05, 0.1) is 5.56 Å². The first-order chi connectivity index (χ1) is 18.2. The van der Waals surface area contributed by atoms with Gasteiger partial charge >= 0.3 is 5.97 Å². The number of rotatable bonds is 4. The highest BCUT2D eigenvalue weighted by molar-refractivity contribution is 14.1. The number of carbonyl (C=O) groups is 1. The molecule has 0 unspecified atom stereocenters. The molecule has 0 N–H and O–H groups in total. The molecule has 0 fully saturated rings. The fourth-order valence-electron chi connectivity index (χ4n) is 5.48. The minimum Gasteiger partial charge on any atom is -0.457 e. The van der Waals surface area contributed by atoms with Crippen LogP contribution in [-0.4, -0.2) is 5.97 Å². The van der Waals surface area contributed by atoms with Gasteiger partial charge < -0.3 is 4.74 Å². The van der Waals surface area contributed by atoms with Crippen LogP contribution in [0.5, 0.6) is 0 Å². The van der Waals surface area contributed by atoms with E-state index in [1.807, 2.05) is 54.6 Å². The maximum atomic E-state index is 13.7. The van der Waals surface area contributed by atoms with Crippen LogP contribution in [0.4, 0.5) is 0 Å². The van der Waals surface area contributed by atoms with Crippen LogP contribution in [0, 0.1) is 3.57 Å². The Balaban J connectivity index is 1.51. The summed E-state index contributed by atoms with van der Waals surface area (Å²) in [6.07, 6.45) is 0. The van der Waals surface area contributed by atoms with Crippen molar-refractivity contribution in [3.8, 4) is 11.1 Å². The van der Waals surface area contributed by atoms with Gasteiger partial charge in [-0.2, -0.15) is 0 Å². The van der Waals surface area contributed by atoms with Crippen molar-refractivity contribution in [2.75, 3.05) is 0 Å². The highest BCUT2D eigenvalue weighted by atomic mass is 127. The molecule has 7 rings (SSSR count). The Hall–Kier alpha value is -3.96. The Morgan fingerprint density at radius 2 is 1.22 bits per heavy atom. The number of halogens is 1. The fraction of sp³-hybridized carbons (Fsp3) is 0.0294.